The molecule has 2 amide bonds. The highest BCUT2D eigenvalue weighted by Gasteiger charge is 2.20. The van der Waals surface area contributed by atoms with E-state index in [9.17, 15) is 9.59 Å². The molecular weight excluding hydrogens is 494 g/mol. The minimum absolute atomic E-state index is 0.130. The molecule has 1 saturated heterocycles. The van der Waals surface area contributed by atoms with Crippen molar-refractivity contribution in [2.75, 3.05) is 55.3 Å². The number of amides is 2. The fourth-order valence-electron chi connectivity index (χ4n) is 4.29. The van der Waals surface area contributed by atoms with Gasteiger partial charge in [0.15, 0.2) is 0 Å². The van der Waals surface area contributed by atoms with Crippen LogP contribution in [0, 0.1) is 0 Å². The average molecular weight is 532 g/mol. The molecule has 0 aliphatic carbocycles. The molecule has 3 N–H and O–H groups in total. The standard InChI is InChI=1S/C29H37N7O3/c1-29(2,3)39-28(38)33-19-26(37)34(4)20-21-6-5-7-22(16-21)23-17-31-27(32-18-23)36-14-12-35(13-15-36)25-10-8-24(30)9-11-25/h5-11,16-18H,12-15,19-20,30H2,1-4H3,(H,33,38). The second kappa shape index (κ2) is 12.0. The molecule has 39 heavy (non-hydrogen) atoms. The molecule has 10 heteroatoms. The molecule has 3 aromatic rings. The van der Waals surface area contributed by atoms with Gasteiger partial charge >= 0.3 is 6.09 Å². The third kappa shape index (κ3) is 7.83. The molecule has 1 aliphatic heterocycles. The maximum atomic E-state index is 12.5. The van der Waals surface area contributed by atoms with Gasteiger partial charge in [-0.25, -0.2) is 14.8 Å². The number of carbonyl (C=O) groups is 2. The number of piperazine rings is 1. The third-order valence-corrected chi connectivity index (χ3v) is 6.35. The monoisotopic (exact) mass is 531 g/mol. The molecule has 10 nitrogen and oxygen atoms in total. The molecule has 2 heterocycles. The Labute approximate surface area is 229 Å². The number of anilines is 3. The Balaban J connectivity index is 1.30. The SMILES string of the molecule is CN(Cc1cccc(-c2cnc(N3CCN(c4ccc(N)cc4)CC3)nc2)c1)C(=O)CNC(=O)OC(C)(C)C. The van der Waals surface area contributed by atoms with Gasteiger partial charge in [0.1, 0.15) is 12.1 Å². The molecule has 1 aromatic heterocycles. The van der Waals surface area contributed by atoms with Gasteiger partial charge in [0.2, 0.25) is 11.9 Å². The zero-order chi connectivity index (χ0) is 28.0. The van der Waals surface area contributed by atoms with Crippen molar-refractivity contribution in [1.29, 1.82) is 0 Å². The number of nitrogen functional groups attached to an aromatic ring is 1. The lowest BCUT2D eigenvalue weighted by Gasteiger charge is -2.36. The minimum atomic E-state index is -0.617. The zero-order valence-corrected chi connectivity index (χ0v) is 23.1. The number of alkyl carbamates (subject to hydrolysis) is 1. The fourth-order valence-corrected chi connectivity index (χ4v) is 4.29. The van der Waals surface area contributed by atoms with Crippen molar-refractivity contribution in [2.45, 2.75) is 32.9 Å². The first-order valence-corrected chi connectivity index (χ1v) is 13.0. The zero-order valence-electron chi connectivity index (χ0n) is 23.1. The van der Waals surface area contributed by atoms with Crippen LogP contribution in [0.1, 0.15) is 26.3 Å². The lowest BCUT2D eigenvalue weighted by atomic mass is 10.1. The predicted octanol–water partition coefficient (Wildman–Crippen LogP) is 3.54. The first-order valence-electron chi connectivity index (χ1n) is 13.0. The van der Waals surface area contributed by atoms with Crippen LogP contribution < -0.4 is 20.9 Å². The summed E-state index contributed by atoms with van der Waals surface area (Å²) in [5, 5.41) is 2.51. The van der Waals surface area contributed by atoms with Crippen LogP contribution in [0.2, 0.25) is 0 Å². The van der Waals surface area contributed by atoms with E-state index in [0.717, 1.165) is 54.5 Å². The largest absolute Gasteiger partial charge is 0.444 e. The van der Waals surface area contributed by atoms with Crippen LogP contribution in [0.4, 0.5) is 22.1 Å². The number of nitrogens with one attached hydrogen (secondary N) is 1. The molecule has 0 unspecified atom stereocenters. The Bertz CT molecular complexity index is 1270. The van der Waals surface area contributed by atoms with E-state index in [0.29, 0.717) is 6.54 Å². The molecule has 206 valence electrons. The predicted molar refractivity (Wildman–Crippen MR) is 153 cm³/mol. The van der Waals surface area contributed by atoms with Crippen molar-refractivity contribution in [3.05, 3.63) is 66.5 Å². The Morgan fingerprint density at radius 2 is 1.62 bits per heavy atom. The van der Waals surface area contributed by atoms with Gasteiger partial charge in [-0.2, -0.15) is 0 Å². The lowest BCUT2D eigenvalue weighted by molar-refractivity contribution is -0.129. The molecule has 0 saturated carbocycles. The van der Waals surface area contributed by atoms with Gasteiger partial charge in [0, 0.05) is 69.1 Å². The summed E-state index contributed by atoms with van der Waals surface area (Å²) in [7, 11) is 1.71. The van der Waals surface area contributed by atoms with Crippen molar-refractivity contribution >= 4 is 29.3 Å². The summed E-state index contributed by atoms with van der Waals surface area (Å²) in [5.74, 6) is 0.505. The van der Waals surface area contributed by atoms with Gasteiger partial charge in [0.05, 0.1) is 0 Å². The molecular formula is C29H37N7O3. The van der Waals surface area contributed by atoms with Crippen molar-refractivity contribution in [3.63, 3.8) is 0 Å². The number of hydrogen-bond donors (Lipinski definition) is 2. The molecule has 4 rings (SSSR count). The van der Waals surface area contributed by atoms with E-state index in [-0.39, 0.29) is 12.5 Å². The van der Waals surface area contributed by atoms with Gasteiger partial charge in [0.25, 0.3) is 0 Å². The summed E-state index contributed by atoms with van der Waals surface area (Å²) in [6.45, 7) is 9.04. The number of hydrogen-bond acceptors (Lipinski definition) is 8. The quantitative estimate of drug-likeness (QED) is 0.445. The van der Waals surface area contributed by atoms with Crippen LogP contribution in [0.25, 0.3) is 11.1 Å². The summed E-state index contributed by atoms with van der Waals surface area (Å²) in [6, 6.07) is 15.9. The van der Waals surface area contributed by atoms with E-state index < -0.39 is 11.7 Å². The number of aromatic nitrogens is 2. The Kier molecular flexibility index (Phi) is 8.53. The molecule has 0 bridgehead atoms. The van der Waals surface area contributed by atoms with Crippen LogP contribution in [0.5, 0.6) is 0 Å². The van der Waals surface area contributed by atoms with Gasteiger partial charge < -0.3 is 30.5 Å². The summed E-state index contributed by atoms with van der Waals surface area (Å²) in [4.78, 5) is 39.7. The number of rotatable bonds is 7. The smallest absolute Gasteiger partial charge is 0.408 e. The highest BCUT2D eigenvalue weighted by molar-refractivity contribution is 5.82. The highest BCUT2D eigenvalue weighted by atomic mass is 16.6. The Morgan fingerprint density at radius 3 is 2.26 bits per heavy atom. The minimum Gasteiger partial charge on any atom is -0.444 e. The van der Waals surface area contributed by atoms with Crippen LogP contribution in [0.15, 0.2) is 60.9 Å². The maximum Gasteiger partial charge on any atom is 0.408 e. The summed E-state index contributed by atoms with van der Waals surface area (Å²) in [6.07, 6.45) is 3.07. The summed E-state index contributed by atoms with van der Waals surface area (Å²) < 4.78 is 5.18. The van der Waals surface area contributed by atoms with E-state index in [1.54, 1.807) is 32.7 Å². The highest BCUT2D eigenvalue weighted by Crippen LogP contribution is 2.23. The molecule has 0 radical (unpaired) electrons. The van der Waals surface area contributed by atoms with Gasteiger partial charge in [-0.15, -0.1) is 0 Å². The topological polar surface area (TPSA) is 117 Å². The fraction of sp³-hybridized carbons (Fsp3) is 0.379. The molecule has 0 atom stereocenters. The molecule has 1 fully saturated rings. The first-order chi connectivity index (χ1) is 18.6. The molecule has 2 aromatic carbocycles. The third-order valence-electron chi connectivity index (χ3n) is 6.35. The van der Waals surface area contributed by atoms with Crippen molar-refractivity contribution in [1.82, 2.24) is 20.2 Å². The van der Waals surface area contributed by atoms with Gasteiger partial charge in [-0.1, -0.05) is 18.2 Å². The first kappa shape index (κ1) is 27.7. The molecule has 0 spiro atoms. The number of ether oxygens (including phenoxy) is 1. The van der Waals surface area contributed by atoms with E-state index >= 15 is 0 Å². The van der Waals surface area contributed by atoms with Gasteiger partial charge in [-0.05, 0) is 62.2 Å². The Morgan fingerprint density at radius 1 is 0.974 bits per heavy atom. The van der Waals surface area contributed by atoms with E-state index in [1.165, 1.54) is 5.69 Å². The molecule has 1 aliphatic rings. The van der Waals surface area contributed by atoms with Crippen molar-refractivity contribution in [3.8, 4) is 11.1 Å². The maximum absolute atomic E-state index is 12.5. The average Bonchev–Trinajstić information content (AvgIpc) is 2.91. The summed E-state index contributed by atoms with van der Waals surface area (Å²) in [5.41, 5.74) is 9.97. The number of likely N-dealkylation sites (N-methyl/N-ethyl adjacent to an activating group) is 1. The summed E-state index contributed by atoms with van der Waals surface area (Å²) >= 11 is 0. The lowest BCUT2D eigenvalue weighted by Crippen LogP contribution is -2.47. The van der Waals surface area contributed by atoms with E-state index in [1.807, 2.05) is 48.8 Å². The van der Waals surface area contributed by atoms with Crippen molar-refractivity contribution < 1.29 is 14.3 Å². The van der Waals surface area contributed by atoms with Gasteiger partial charge in [-0.3, -0.25) is 4.79 Å². The number of nitrogens with two attached hydrogens (primary N) is 1. The normalized spacial score (nSPS) is 13.6. The van der Waals surface area contributed by atoms with Crippen LogP contribution in [-0.2, 0) is 16.1 Å². The second-order valence-electron chi connectivity index (χ2n) is 10.6. The van der Waals surface area contributed by atoms with E-state index in [2.05, 4.69) is 37.2 Å². The van der Waals surface area contributed by atoms with Crippen LogP contribution in [0.3, 0.4) is 0 Å². The second-order valence-corrected chi connectivity index (χ2v) is 10.6. The van der Waals surface area contributed by atoms with Crippen LogP contribution >= 0.6 is 0 Å². The number of nitrogens with zero attached hydrogens (tertiary/aromatic N) is 5. The number of benzene rings is 2. The van der Waals surface area contributed by atoms with Crippen molar-refractivity contribution in [2.24, 2.45) is 0 Å². The number of carbonyl (C=O) groups excluding carboxylic acids is 2. The Hall–Kier alpha value is -4.34. The van der Waals surface area contributed by atoms with Crippen LogP contribution in [-0.4, -0.2) is 72.2 Å². The van der Waals surface area contributed by atoms with E-state index in [4.69, 9.17) is 10.5 Å².